The van der Waals surface area contributed by atoms with Gasteiger partial charge in [-0.3, -0.25) is 5.32 Å². The molecule has 1 unspecified atom stereocenters. The Balaban J connectivity index is 1.79. The van der Waals surface area contributed by atoms with E-state index in [1.165, 1.54) is 19.2 Å². The third-order valence-corrected chi connectivity index (χ3v) is 4.78. The van der Waals surface area contributed by atoms with Crippen molar-refractivity contribution in [2.24, 2.45) is 0 Å². The fraction of sp³-hybridized carbons (Fsp3) is 0.250. The predicted octanol–water partition coefficient (Wildman–Crippen LogP) is 3.08. The predicted molar refractivity (Wildman–Crippen MR) is 98.4 cm³/mol. The molecule has 3 aromatic rings. The molecular weight excluding hydrogens is 350 g/mol. The fourth-order valence-electron chi connectivity index (χ4n) is 3.43. The molecule has 140 valence electrons. The largest absolute Gasteiger partial charge is 0.494 e. The molecule has 2 N–H and O–H groups in total. The number of methoxy groups -OCH3 is 1. The second-order valence-electron chi connectivity index (χ2n) is 6.40. The summed E-state index contributed by atoms with van der Waals surface area (Å²) in [5.74, 6) is -1.26. The highest BCUT2D eigenvalue weighted by Crippen LogP contribution is 2.30. The van der Waals surface area contributed by atoms with Crippen LogP contribution in [0.1, 0.15) is 17.3 Å². The number of imidazole rings is 1. The topological polar surface area (TPSA) is 51.1 Å². The molecule has 0 spiro atoms. The second kappa shape index (κ2) is 7.46. The van der Waals surface area contributed by atoms with Gasteiger partial charge >= 0.3 is 0 Å². The highest BCUT2D eigenvalue weighted by Gasteiger charge is 2.26. The van der Waals surface area contributed by atoms with Crippen molar-refractivity contribution in [1.29, 1.82) is 0 Å². The van der Waals surface area contributed by atoms with E-state index in [9.17, 15) is 8.78 Å². The molecule has 4 rings (SSSR count). The highest BCUT2D eigenvalue weighted by molar-refractivity contribution is 5.62. The summed E-state index contributed by atoms with van der Waals surface area (Å²) in [5, 5.41) is 6.61. The summed E-state index contributed by atoms with van der Waals surface area (Å²) in [6.45, 7) is 1.42. The monoisotopic (exact) mass is 370 g/mol. The van der Waals surface area contributed by atoms with E-state index in [1.807, 2.05) is 30.3 Å². The van der Waals surface area contributed by atoms with Gasteiger partial charge in [0.15, 0.2) is 11.6 Å². The van der Waals surface area contributed by atoms with Crippen LogP contribution in [0.5, 0.6) is 5.75 Å². The van der Waals surface area contributed by atoms with E-state index in [2.05, 4.69) is 15.6 Å². The van der Waals surface area contributed by atoms with Crippen molar-refractivity contribution < 1.29 is 13.5 Å². The number of rotatable bonds is 5. The smallest absolute Gasteiger partial charge is 0.172 e. The zero-order valence-corrected chi connectivity index (χ0v) is 14.9. The number of halogens is 2. The average Bonchev–Trinajstić information content (AvgIpc) is 3.35. The van der Waals surface area contributed by atoms with E-state index < -0.39 is 11.6 Å². The van der Waals surface area contributed by atoms with Crippen LogP contribution in [0, 0.1) is 11.6 Å². The maximum Gasteiger partial charge on any atom is 0.172 e. The molecule has 1 atom stereocenters. The number of hydrogen-bond donors (Lipinski definition) is 2. The zero-order valence-electron chi connectivity index (χ0n) is 14.9. The number of hydrogen-bond acceptors (Lipinski definition) is 4. The number of ether oxygens (including phenoxy) is 1. The molecule has 0 bridgehead atoms. The van der Waals surface area contributed by atoms with Crippen LogP contribution in [0.15, 0.2) is 48.8 Å². The maximum atomic E-state index is 14.6. The van der Waals surface area contributed by atoms with E-state index in [1.54, 1.807) is 10.9 Å². The van der Waals surface area contributed by atoms with Crippen molar-refractivity contribution in [2.75, 3.05) is 20.3 Å². The minimum Gasteiger partial charge on any atom is -0.494 e. The summed E-state index contributed by atoms with van der Waals surface area (Å²) in [5.41, 5.74) is 2.62. The van der Waals surface area contributed by atoms with E-state index in [0.29, 0.717) is 13.2 Å². The molecule has 5 nitrogen and oxygen atoms in total. The molecule has 27 heavy (non-hydrogen) atoms. The quantitative estimate of drug-likeness (QED) is 0.725. The van der Waals surface area contributed by atoms with Crippen molar-refractivity contribution >= 4 is 0 Å². The van der Waals surface area contributed by atoms with Gasteiger partial charge in [0, 0.05) is 24.3 Å². The molecule has 2 aromatic carbocycles. The summed E-state index contributed by atoms with van der Waals surface area (Å²) in [4.78, 5) is 4.55. The van der Waals surface area contributed by atoms with Crippen LogP contribution < -0.4 is 15.4 Å². The van der Waals surface area contributed by atoms with Crippen LogP contribution in [0.4, 0.5) is 8.78 Å². The lowest BCUT2D eigenvalue weighted by Crippen LogP contribution is -2.20. The highest BCUT2D eigenvalue weighted by atomic mass is 19.1. The minimum atomic E-state index is -0.684. The Bertz CT molecular complexity index is 937. The van der Waals surface area contributed by atoms with Crippen LogP contribution in [0.2, 0.25) is 0 Å². The van der Waals surface area contributed by atoms with Gasteiger partial charge in [0.2, 0.25) is 0 Å². The van der Waals surface area contributed by atoms with E-state index in [-0.39, 0.29) is 23.9 Å². The molecule has 1 aliphatic rings. The van der Waals surface area contributed by atoms with Gasteiger partial charge in [0.25, 0.3) is 0 Å². The Morgan fingerprint density at radius 3 is 2.70 bits per heavy atom. The Labute approximate surface area is 156 Å². The average molecular weight is 370 g/mol. The maximum absolute atomic E-state index is 14.6. The first-order valence-electron chi connectivity index (χ1n) is 8.74. The van der Waals surface area contributed by atoms with Crippen molar-refractivity contribution in [3.63, 3.8) is 0 Å². The molecule has 2 heterocycles. The van der Waals surface area contributed by atoms with Crippen LogP contribution in [0.25, 0.3) is 11.3 Å². The molecule has 1 aliphatic heterocycles. The molecule has 1 fully saturated rings. The summed E-state index contributed by atoms with van der Waals surface area (Å²) >= 11 is 0. The van der Waals surface area contributed by atoms with Crippen LogP contribution in [-0.4, -0.2) is 29.9 Å². The first-order valence-corrected chi connectivity index (χ1v) is 8.74. The van der Waals surface area contributed by atoms with Crippen molar-refractivity contribution in [3.05, 3.63) is 71.7 Å². The second-order valence-corrected chi connectivity index (χ2v) is 6.40. The summed E-state index contributed by atoms with van der Waals surface area (Å²) in [7, 11) is 1.37. The van der Waals surface area contributed by atoms with Gasteiger partial charge in [-0.15, -0.1) is 0 Å². The summed E-state index contributed by atoms with van der Waals surface area (Å²) in [6.07, 6.45) is 1.63. The Kier molecular flexibility index (Phi) is 4.87. The lowest BCUT2D eigenvalue weighted by Gasteiger charge is -2.17. The van der Waals surface area contributed by atoms with Crippen LogP contribution in [0.3, 0.4) is 0 Å². The van der Waals surface area contributed by atoms with Crippen molar-refractivity contribution in [2.45, 2.75) is 12.6 Å². The lowest BCUT2D eigenvalue weighted by molar-refractivity contribution is 0.379. The number of aromatic nitrogens is 2. The normalized spacial score (nSPS) is 16.6. The lowest BCUT2D eigenvalue weighted by atomic mass is 10.1. The minimum absolute atomic E-state index is 0.000522. The summed E-state index contributed by atoms with van der Waals surface area (Å²) in [6, 6.07) is 12.3. The van der Waals surface area contributed by atoms with E-state index in [4.69, 9.17) is 4.74 Å². The Hall–Kier alpha value is -2.77. The van der Waals surface area contributed by atoms with E-state index in [0.717, 1.165) is 17.0 Å². The van der Waals surface area contributed by atoms with Crippen LogP contribution >= 0.6 is 0 Å². The molecular formula is C20H20F2N4O. The van der Waals surface area contributed by atoms with Gasteiger partial charge in [-0.05, 0) is 12.1 Å². The van der Waals surface area contributed by atoms with Crippen LogP contribution in [-0.2, 0) is 6.54 Å². The molecule has 0 aliphatic carbocycles. The Morgan fingerprint density at radius 2 is 2.00 bits per heavy atom. The summed E-state index contributed by atoms with van der Waals surface area (Å²) < 4.78 is 35.8. The first kappa shape index (κ1) is 17.6. The van der Waals surface area contributed by atoms with E-state index >= 15 is 0 Å². The van der Waals surface area contributed by atoms with Gasteiger partial charge in [0.05, 0.1) is 37.4 Å². The molecule has 7 heteroatoms. The van der Waals surface area contributed by atoms with Gasteiger partial charge in [-0.25, -0.2) is 13.8 Å². The third-order valence-electron chi connectivity index (χ3n) is 4.78. The SMILES string of the molecule is COc1ccc(F)c(Cn2cnc(-c3ccccc3)c2C2CNCN2)c1F. The number of nitrogens with zero attached hydrogens (tertiary/aromatic N) is 2. The van der Waals surface area contributed by atoms with Gasteiger partial charge in [0.1, 0.15) is 5.82 Å². The van der Waals surface area contributed by atoms with Gasteiger partial charge < -0.3 is 14.6 Å². The van der Waals surface area contributed by atoms with Gasteiger partial charge in [-0.2, -0.15) is 0 Å². The molecule has 0 amide bonds. The molecule has 1 aromatic heterocycles. The fourth-order valence-corrected chi connectivity index (χ4v) is 3.43. The standard InChI is InChI=1S/C20H20F2N4O/c1-27-17-8-7-15(21)14(18(17)22)10-26-12-25-19(13-5-3-2-4-6-13)20(26)16-9-23-11-24-16/h2-8,12,16,23-24H,9-11H2,1H3. The molecule has 0 saturated carbocycles. The molecule has 1 saturated heterocycles. The van der Waals surface area contributed by atoms with Gasteiger partial charge in [-0.1, -0.05) is 30.3 Å². The third kappa shape index (κ3) is 3.31. The first-order chi connectivity index (χ1) is 13.2. The number of nitrogens with one attached hydrogen (secondary N) is 2. The Morgan fingerprint density at radius 1 is 1.19 bits per heavy atom. The number of benzene rings is 2. The van der Waals surface area contributed by atoms with Crippen molar-refractivity contribution in [3.8, 4) is 17.0 Å². The zero-order chi connectivity index (χ0) is 18.8. The van der Waals surface area contributed by atoms with Crippen molar-refractivity contribution in [1.82, 2.24) is 20.2 Å². The molecule has 0 radical (unpaired) electrons.